The van der Waals surface area contributed by atoms with Gasteiger partial charge in [-0.25, -0.2) is 0 Å². The molecule has 1 aromatic heterocycles. The van der Waals surface area contributed by atoms with Gasteiger partial charge < -0.3 is 15.2 Å². The van der Waals surface area contributed by atoms with Crippen LogP contribution in [0.4, 0.5) is 0 Å². The third-order valence-electron chi connectivity index (χ3n) is 3.86. The van der Waals surface area contributed by atoms with E-state index in [4.69, 9.17) is 4.74 Å². The molecule has 1 aliphatic heterocycles. The molecule has 112 valence electrons. The van der Waals surface area contributed by atoms with Gasteiger partial charge in [-0.3, -0.25) is 4.90 Å². The van der Waals surface area contributed by atoms with Crippen molar-refractivity contribution in [3.8, 4) is 11.5 Å². The predicted molar refractivity (Wildman–Crippen MR) is 85.3 cm³/mol. The fraction of sp³-hybridized carbons (Fsp3) is 0.375. The van der Waals surface area contributed by atoms with Crippen molar-refractivity contribution in [2.24, 2.45) is 0 Å². The van der Waals surface area contributed by atoms with Crippen molar-refractivity contribution in [3.63, 3.8) is 0 Å². The average Bonchev–Trinajstić information content (AvgIpc) is 3.04. The molecule has 0 bridgehead atoms. The Morgan fingerprint density at radius 2 is 2.10 bits per heavy atom. The molecule has 21 heavy (non-hydrogen) atoms. The van der Waals surface area contributed by atoms with E-state index in [2.05, 4.69) is 27.7 Å². The van der Waals surface area contributed by atoms with Crippen LogP contribution in [-0.4, -0.2) is 43.3 Å². The molecule has 2 N–H and O–H groups in total. The lowest BCUT2D eigenvalue weighted by molar-refractivity contribution is 0.198. The number of aromatic hydroxyl groups is 1. The summed E-state index contributed by atoms with van der Waals surface area (Å²) in [4.78, 5) is 3.68. The van der Waals surface area contributed by atoms with Crippen LogP contribution in [0.3, 0.4) is 0 Å². The smallest absolute Gasteiger partial charge is 0.124 e. The van der Waals surface area contributed by atoms with Gasteiger partial charge in [0, 0.05) is 42.7 Å². The van der Waals surface area contributed by atoms with Crippen molar-refractivity contribution in [1.82, 2.24) is 10.2 Å². The average molecular weight is 304 g/mol. The van der Waals surface area contributed by atoms with Gasteiger partial charge in [0.1, 0.15) is 11.5 Å². The van der Waals surface area contributed by atoms with Gasteiger partial charge in [0.15, 0.2) is 0 Å². The topological polar surface area (TPSA) is 44.7 Å². The van der Waals surface area contributed by atoms with E-state index in [0.29, 0.717) is 11.5 Å². The molecule has 2 heterocycles. The summed E-state index contributed by atoms with van der Waals surface area (Å²) in [6.07, 6.45) is 0. The van der Waals surface area contributed by atoms with Crippen LogP contribution in [-0.2, 0) is 0 Å². The first-order valence-electron chi connectivity index (χ1n) is 7.14. The molecule has 2 aromatic rings. The molecule has 0 unspecified atom stereocenters. The largest absolute Gasteiger partial charge is 0.507 e. The van der Waals surface area contributed by atoms with Crippen LogP contribution >= 0.6 is 11.3 Å². The number of nitrogens with one attached hydrogen (secondary N) is 1. The first-order chi connectivity index (χ1) is 10.3. The molecule has 0 aliphatic carbocycles. The molecule has 1 atom stereocenters. The zero-order chi connectivity index (χ0) is 14.7. The molecule has 4 nitrogen and oxygen atoms in total. The second-order valence-electron chi connectivity index (χ2n) is 5.13. The quantitative estimate of drug-likeness (QED) is 0.911. The minimum Gasteiger partial charge on any atom is -0.507 e. The fourth-order valence-electron chi connectivity index (χ4n) is 2.80. The van der Waals surface area contributed by atoms with Crippen LogP contribution in [0.15, 0.2) is 35.7 Å². The number of benzene rings is 1. The van der Waals surface area contributed by atoms with Crippen molar-refractivity contribution in [2.45, 2.75) is 6.04 Å². The SMILES string of the molecule is COc1ccc([C@H](c2cccs2)N2CCNCC2)c(O)c1. The Labute approximate surface area is 129 Å². The van der Waals surface area contributed by atoms with Crippen LogP contribution in [0.25, 0.3) is 0 Å². The Hall–Kier alpha value is -1.56. The van der Waals surface area contributed by atoms with Crippen LogP contribution in [0, 0.1) is 0 Å². The summed E-state index contributed by atoms with van der Waals surface area (Å²) >= 11 is 1.73. The van der Waals surface area contributed by atoms with E-state index in [1.54, 1.807) is 24.5 Å². The Bertz CT molecular complexity index is 580. The number of phenols is 1. The lowest BCUT2D eigenvalue weighted by atomic mass is 10.0. The monoisotopic (exact) mass is 304 g/mol. The molecular formula is C16H20N2O2S. The first kappa shape index (κ1) is 14.4. The number of hydrogen-bond donors (Lipinski definition) is 2. The molecule has 0 amide bonds. The molecule has 1 fully saturated rings. The van der Waals surface area contributed by atoms with E-state index in [-0.39, 0.29) is 6.04 Å². The minimum absolute atomic E-state index is 0.109. The number of methoxy groups -OCH3 is 1. The molecular weight excluding hydrogens is 284 g/mol. The summed E-state index contributed by atoms with van der Waals surface area (Å²) in [5.74, 6) is 0.979. The zero-order valence-corrected chi connectivity index (χ0v) is 12.9. The second kappa shape index (κ2) is 6.47. The van der Waals surface area contributed by atoms with Crippen LogP contribution in [0.2, 0.25) is 0 Å². The maximum Gasteiger partial charge on any atom is 0.124 e. The number of piperazine rings is 1. The van der Waals surface area contributed by atoms with E-state index < -0.39 is 0 Å². The maximum atomic E-state index is 10.4. The van der Waals surface area contributed by atoms with Gasteiger partial charge in [-0.1, -0.05) is 6.07 Å². The molecule has 0 spiro atoms. The van der Waals surface area contributed by atoms with Gasteiger partial charge in [-0.15, -0.1) is 11.3 Å². The number of ether oxygens (including phenoxy) is 1. The Morgan fingerprint density at radius 1 is 1.29 bits per heavy atom. The molecule has 1 aliphatic rings. The number of phenolic OH excluding ortho intramolecular Hbond substituents is 1. The van der Waals surface area contributed by atoms with Crippen molar-refractivity contribution in [3.05, 3.63) is 46.2 Å². The molecule has 5 heteroatoms. The van der Waals surface area contributed by atoms with Gasteiger partial charge in [-0.2, -0.15) is 0 Å². The number of nitrogens with zero attached hydrogens (tertiary/aromatic N) is 1. The molecule has 0 saturated carbocycles. The summed E-state index contributed by atoms with van der Waals surface area (Å²) in [6, 6.07) is 9.89. The lowest BCUT2D eigenvalue weighted by Gasteiger charge is -2.35. The summed E-state index contributed by atoms with van der Waals surface area (Å²) in [6.45, 7) is 3.93. The van der Waals surface area contributed by atoms with Crippen molar-refractivity contribution in [2.75, 3.05) is 33.3 Å². The maximum absolute atomic E-state index is 10.4. The normalized spacial score (nSPS) is 17.6. The van der Waals surface area contributed by atoms with Crippen molar-refractivity contribution in [1.29, 1.82) is 0 Å². The lowest BCUT2D eigenvalue weighted by Crippen LogP contribution is -2.45. The summed E-state index contributed by atoms with van der Waals surface area (Å²) in [5.41, 5.74) is 0.945. The minimum atomic E-state index is 0.109. The third-order valence-corrected chi connectivity index (χ3v) is 4.79. The van der Waals surface area contributed by atoms with Gasteiger partial charge in [0.05, 0.1) is 13.2 Å². The second-order valence-corrected chi connectivity index (χ2v) is 6.11. The number of rotatable bonds is 4. The van der Waals surface area contributed by atoms with Gasteiger partial charge in [0.2, 0.25) is 0 Å². The molecule has 1 aromatic carbocycles. The van der Waals surface area contributed by atoms with Crippen molar-refractivity contribution < 1.29 is 9.84 Å². The fourth-order valence-corrected chi connectivity index (χ4v) is 3.68. The highest BCUT2D eigenvalue weighted by Crippen LogP contribution is 2.38. The summed E-state index contributed by atoms with van der Waals surface area (Å²) in [5, 5.41) is 15.9. The standard InChI is InChI=1S/C16H20N2O2S/c1-20-12-4-5-13(14(19)11-12)16(15-3-2-10-21-15)18-8-6-17-7-9-18/h2-5,10-11,16-17,19H,6-9H2,1H3/t16-/m1/s1. The first-order valence-corrected chi connectivity index (χ1v) is 8.02. The van der Waals surface area contributed by atoms with E-state index in [9.17, 15) is 5.11 Å². The molecule has 0 radical (unpaired) electrons. The van der Waals surface area contributed by atoms with Crippen LogP contribution in [0.1, 0.15) is 16.5 Å². The Balaban J connectivity index is 1.98. The number of thiophene rings is 1. The predicted octanol–water partition coefficient (Wildman–Crippen LogP) is 2.46. The Kier molecular flexibility index (Phi) is 4.43. The zero-order valence-electron chi connectivity index (χ0n) is 12.1. The van der Waals surface area contributed by atoms with E-state index >= 15 is 0 Å². The van der Waals surface area contributed by atoms with Crippen molar-refractivity contribution >= 4 is 11.3 Å². The van der Waals surface area contributed by atoms with Crippen LogP contribution < -0.4 is 10.1 Å². The summed E-state index contributed by atoms with van der Waals surface area (Å²) < 4.78 is 5.18. The van der Waals surface area contributed by atoms with E-state index in [1.807, 2.05) is 12.1 Å². The third kappa shape index (κ3) is 3.05. The van der Waals surface area contributed by atoms with E-state index in [0.717, 1.165) is 31.7 Å². The van der Waals surface area contributed by atoms with Gasteiger partial charge in [0.25, 0.3) is 0 Å². The van der Waals surface area contributed by atoms with Gasteiger partial charge >= 0.3 is 0 Å². The van der Waals surface area contributed by atoms with E-state index in [1.165, 1.54) is 4.88 Å². The highest BCUT2D eigenvalue weighted by molar-refractivity contribution is 7.10. The number of hydrogen-bond acceptors (Lipinski definition) is 5. The van der Waals surface area contributed by atoms with Crippen LogP contribution in [0.5, 0.6) is 11.5 Å². The summed E-state index contributed by atoms with van der Waals surface area (Å²) in [7, 11) is 1.61. The highest BCUT2D eigenvalue weighted by Gasteiger charge is 2.26. The highest BCUT2D eigenvalue weighted by atomic mass is 32.1. The Morgan fingerprint density at radius 3 is 2.71 bits per heavy atom. The molecule has 1 saturated heterocycles. The molecule has 3 rings (SSSR count). The van der Waals surface area contributed by atoms with Gasteiger partial charge in [-0.05, 0) is 23.6 Å².